The van der Waals surface area contributed by atoms with Crippen molar-refractivity contribution in [3.05, 3.63) is 71.0 Å². The molecule has 4 N–H and O–H groups in total. The van der Waals surface area contributed by atoms with E-state index in [1.54, 1.807) is 24.3 Å². The van der Waals surface area contributed by atoms with Gasteiger partial charge in [0.15, 0.2) is 0 Å². The second-order valence-corrected chi connectivity index (χ2v) is 6.07. The van der Waals surface area contributed by atoms with Gasteiger partial charge in [0.1, 0.15) is 5.82 Å². The van der Waals surface area contributed by atoms with Crippen LogP contribution in [0.3, 0.4) is 0 Å². The Labute approximate surface area is 146 Å². The molecule has 5 heteroatoms. The molecule has 0 atom stereocenters. The highest BCUT2D eigenvalue weighted by Gasteiger charge is 2.14. The molecule has 0 unspecified atom stereocenters. The maximum Gasteiger partial charge on any atom is 0.258 e. The van der Waals surface area contributed by atoms with Crippen LogP contribution in [0.25, 0.3) is 5.57 Å². The number of nitrogens with one attached hydrogen (secondary N) is 2. The third kappa shape index (κ3) is 4.32. The lowest BCUT2D eigenvalue weighted by Gasteiger charge is -2.15. The topological polar surface area (TPSA) is 67.1 Å². The van der Waals surface area contributed by atoms with Gasteiger partial charge >= 0.3 is 0 Å². The van der Waals surface area contributed by atoms with E-state index in [0.29, 0.717) is 12.2 Å². The maximum atomic E-state index is 14.4. The molecule has 0 radical (unpaired) electrons. The van der Waals surface area contributed by atoms with Gasteiger partial charge < -0.3 is 16.4 Å². The van der Waals surface area contributed by atoms with Crippen LogP contribution < -0.4 is 16.4 Å². The summed E-state index contributed by atoms with van der Waals surface area (Å²) in [7, 11) is 0. The molecule has 1 aliphatic rings. The summed E-state index contributed by atoms with van der Waals surface area (Å²) in [4.78, 5) is 12.3. The van der Waals surface area contributed by atoms with E-state index in [1.165, 1.54) is 6.07 Å². The molecule has 0 aliphatic carbocycles. The SMILES string of the molecule is NCCc1ccc(NC(=O)c2ccc(C3=CCNCC3)cc2F)cc1. The molecule has 0 saturated heterocycles. The van der Waals surface area contributed by atoms with E-state index in [4.69, 9.17) is 5.73 Å². The summed E-state index contributed by atoms with van der Waals surface area (Å²) in [6, 6.07) is 12.2. The highest BCUT2D eigenvalue weighted by molar-refractivity contribution is 6.04. The number of halogens is 1. The number of amides is 1. The van der Waals surface area contributed by atoms with E-state index in [9.17, 15) is 9.18 Å². The Balaban J connectivity index is 1.72. The second-order valence-electron chi connectivity index (χ2n) is 6.07. The van der Waals surface area contributed by atoms with Crippen LogP contribution in [0, 0.1) is 5.82 Å². The Kier molecular flexibility index (Phi) is 5.58. The van der Waals surface area contributed by atoms with Crippen molar-refractivity contribution in [1.82, 2.24) is 5.32 Å². The van der Waals surface area contributed by atoms with Gasteiger partial charge in [0, 0.05) is 12.2 Å². The van der Waals surface area contributed by atoms with Gasteiger partial charge in [0.2, 0.25) is 0 Å². The summed E-state index contributed by atoms with van der Waals surface area (Å²) in [5.41, 5.74) is 9.25. The van der Waals surface area contributed by atoms with Gasteiger partial charge in [0.05, 0.1) is 5.56 Å². The zero-order valence-electron chi connectivity index (χ0n) is 14.0. The molecule has 1 amide bonds. The van der Waals surface area contributed by atoms with Gasteiger partial charge in [-0.05, 0) is 66.9 Å². The molecule has 0 aromatic heterocycles. The Bertz CT molecular complexity index is 784. The molecule has 2 aromatic rings. The molecule has 0 bridgehead atoms. The number of carbonyl (C=O) groups excluding carboxylic acids is 1. The van der Waals surface area contributed by atoms with Crippen LogP contribution in [0.4, 0.5) is 10.1 Å². The van der Waals surface area contributed by atoms with Gasteiger partial charge in [-0.2, -0.15) is 0 Å². The van der Waals surface area contributed by atoms with Crippen LogP contribution in [0.2, 0.25) is 0 Å². The van der Waals surface area contributed by atoms with Crippen LogP contribution in [0.15, 0.2) is 48.5 Å². The van der Waals surface area contributed by atoms with Gasteiger partial charge in [-0.15, -0.1) is 0 Å². The zero-order chi connectivity index (χ0) is 17.6. The third-order valence-corrected chi connectivity index (χ3v) is 4.29. The first-order valence-electron chi connectivity index (χ1n) is 8.47. The molecule has 25 heavy (non-hydrogen) atoms. The fourth-order valence-corrected chi connectivity index (χ4v) is 2.90. The normalized spacial score (nSPS) is 14.1. The van der Waals surface area contributed by atoms with Crippen molar-refractivity contribution >= 4 is 17.2 Å². The number of benzene rings is 2. The summed E-state index contributed by atoms with van der Waals surface area (Å²) in [5.74, 6) is -0.955. The quantitative estimate of drug-likeness (QED) is 0.784. The minimum Gasteiger partial charge on any atom is -0.330 e. The molecule has 1 aliphatic heterocycles. The highest BCUT2D eigenvalue weighted by Crippen LogP contribution is 2.22. The fourth-order valence-electron chi connectivity index (χ4n) is 2.90. The van der Waals surface area contributed by atoms with Crippen molar-refractivity contribution in [2.45, 2.75) is 12.8 Å². The lowest BCUT2D eigenvalue weighted by Crippen LogP contribution is -2.20. The molecular formula is C20H22FN3O. The van der Waals surface area contributed by atoms with E-state index in [1.807, 2.05) is 12.1 Å². The molecule has 0 spiro atoms. The van der Waals surface area contributed by atoms with E-state index in [-0.39, 0.29) is 5.56 Å². The summed E-state index contributed by atoms with van der Waals surface area (Å²) in [6.45, 7) is 2.25. The molecular weight excluding hydrogens is 317 g/mol. The minimum atomic E-state index is -0.505. The van der Waals surface area contributed by atoms with E-state index in [2.05, 4.69) is 16.7 Å². The first kappa shape index (κ1) is 17.3. The Hall–Kier alpha value is -2.50. The van der Waals surface area contributed by atoms with Gasteiger partial charge in [-0.25, -0.2) is 4.39 Å². The number of carbonyl (C=O) groups is 1. The monoisotopic (exact) mass is 339 g/mol. The van der Waals surface area contributed by atoms with Crippen LogP contribution >= 0.6 is 0 Å². The molecule has 2 aromatic carbocycles. The fraction of sp³-hybridized carbons (Fsp3) is 0.250. The third-order valence-electron chi connectivity index (χ3n) is 4.29. The molecule has 0 fully saturated rings. The van der Waals surface area contributed by atoms with Crippen molar-refractivity contribution in [2.24, 2.45) is 5.73 Å². The van der Waals surface area contributed by atoms with Crippen molar-refractivity contribution in [3.63, 3.8) is 0 Å². The summed E-state index contributed by atoms with van der Waals surface area (Å²) in [5, 5.41) is 5.96. The predicted octanol–water partition coefficient (Wildman–Crippen LogP) is 2.96. The maximum absolute atomic E-state index is 14.4. The van der Waals surface area contributed by atoms with Crippen molar-refractivity contribution in [3.8, 4) is 0 Å². The van der Waals surface area contributed by atoms with E-state index in [0.717, 1.165) is 42.6 Å². The molecule has 4 nitrogen and oxygen atoms in total. The minimum absolute atomic E-state index is 0.0457. The standard InChI is InChI=1S/C20H22FN3O/c21-19-13-16(15-8-11-23-12-9-15)3-6-18(19)20(25)24-17-4-1-14(2-5-17)7-10-22/h1-6,8,13,23H,7,9-12,22H2,(H,24,25). The summed E-state index contributed by atoms with van der Waals surface area (Å²) >= 11 is 0. The number of rotatable bonds is 5. The zero-order valence-corrected chi connectivity index (χ0v) is 14.0. The number of hydrogen-bond donors (Lipinski definition) is 3. The van der Waals surface area contributed by atoms with Crippen LogP contribution in [0.5, 0.6) is 0 Å². The average Bonchev–Trinajstić information content (AvgIpc) is 2.64. The smallest absolute Gasteiger partial charge is 0.258 e. The second kappa shape index (κ2) is 8.05. The van der Waals surface area contributed by atoms with Crippen molar-refractivity contribution in [2.75, 3.05) is 25.0 Å². The Morgan fingerprint density at radius 3 is 2.64 bits per heavy atom. The van der Waals surface area contributed by atoms with Crippen LogP contribution in [-0.4, -0.2) is 25.5 Å². The average molecular weight is 339 g/mol. The highest BCUT2D eigenvalue weighted by atomic mass is 19.1. The van der Waals surface area contributed by atoms with Crippen LogP contribution in [-0.2, 0) is 6.42 Å². The lowest BCUT2D eigenvalue weighted by molar-refractivity contribution is 0.102. The van der Waals surface area contributed by atoms with Gasteiger partial charge in [-0.1, -0.05) is 24.3 Å². The van der Waals surface area contributed by atoms with Gasteiger partial charge in [-0.3, -0.25) is 4.79 Å². The number of hydrogen-bond acceptors (Lipinski definition) is 3. The molecule has 1 heterocycles. The first-order valence-corrected chi connectivity index (χ1v) is 8.47. The predicted molar refractivity (Wildman–Crippen MR) is 99.0 cm³/mol. The first-order chi connectivity index (χ1) is 12.2. The Morgan fingerprint density at radius 1 is 1.20 bits per heavy atom. The number of anilines is 1. The Morgan fingerprint density at radius 2 is 2.00 bits per heavy atom. The molecule has 130 valence electrons. The largest absolute Gasteiger partial charge is 0.330 e. The summed E-state index contributed by atoms with van der Waals surface area (Å²) in [6.07, 6.45) is 3.71. The van der Waals surface area contributed by atoms with Crippen LogP contribution in [0.1, 0.15) is 27.9 Å². The van der Waals surface area contributed by atoms with E-state index >= 15 is 0 Å². The molecule has 0 saturated carbocycles. The molecule has 3 rings (SSSR count). The van der Waals surface area contributed by atoms with Gasteiger partial charge in [0.25, 0.3) is 5.91 Å². The van der Waals surface area contributed by atoms with Crippen molar-refractivity contribution < 1.29 is 9.18 Å². The lowest BCUT2D eigenvalue weighted by atomic mass is 9.98. The van der Waals surface area contributed by atoms with Crippen molar-refractivity contribution in [1.29, 1.82) is 0 Å². The van der Waals surface area contributed by atoms with E-state index < -0.39 is 11.7 Å². The number of nitrogens with two attached hydrogens (primary N) is 1. The summed E-state index contributed by atoms with van der Waals surface area (Å²) < 4.78 is 14.4.